The molecule has 7 nitrogen and oxygen atoms in total. The van der Waals surface area contributed by atoms with Gasteiger partial charge in [-0.2, -0.15) is 0 Å². The van der Waals surface area contributed by atoms with Crippen molar-refractivity contribution in [1.29, 1.82) is 0 Å². The molecular weight excluding hydrogens is 300 g/mol. The average molecular weight is 320 g/mol. The maximum absolute atomic E-state index is 10.3. The zero-order valence-electron chi connectivity index (χ0n) is 12.4. The highest BCUT2D eigenvalue weighted by Gasteiger charge is 2.35. The van der Waals surface area contributed by atoms with Gasteiger partial charge < -0.3 is 30.8 Å². The topological polar surface area (TPSA) is 126 Å². The summed E-state index contributed by atoms with van der Waals surface area (Å²) < 4.78 is 0. The molecule has 0 spiro atoms. The Morgan fingerprint density at radius 2 is 1.96 bits per heavy atom. The fourth-order valence-corrected chi connectivity index (χ4v) is 2.94. The van der Waals surface area contributed by atoms with Crippen LogP contribution in [0.5, 0.6) is 0 Å². The number of anilines is 1. The molecule has 0 aromatic heterocycles. The molecule has 5 atom stereocenters. The van der Waals surface area contributed by atoms with Gasteiger partial charge in [0.05, 0.1) is 12.6 Å². The normalized spacial score (nSPS) is 24.0. The first-order valence-corrected chi connectivity index (χ1v) is 7.50. The lowest BCUT2D eigenvalue weighted by Gasteiger charge is -2.32. The van der Waals surface area contributed by atoms with Crippen molar-refractivity contribution in [3.63, 3.8) is 0 Å². The van der Waals surface area contributed by atoms with Crippen LogP contribution in [0, 0.1) is 0 Å². The molecule has 1 aromatic carbocycles. The highest BCUT2D eigenvalue weighted by molar-refractivity contribution is 6.02. The first-order valence-electron chi connectivity index (χ1n) is 7.50. The van der Waals surface area contributed by atoms with Gasteiger partial charge in [-0.1, -0.05) is 24.3 Å². The molecule has 3 rings (SSSR count). The summed E-state index contributed by atoms with van der Waals surface area (Å²) in [6.07, 6.45) is -1.71. The number of aliphatic hydroxyl groups excluding tert-OH is 5. The summed E-state index contributed by atoms with van der Waals surface area (Å²) in [5.74, 6) is 0.131. The Bertz CT molecular complexity index is 645. The summed E-state index contributed by atoms with van der Waals surface area (Å²) >= 11 is 0. The third-order valence-corrected chi connectivity index (χ3v) is 4.22. The predicted molar refractivity (Wildman–Crippen MR) is 85.0 cm³/mol. The highest BCUT2D eigenvalue weighted by Crippen LogP contribution is 2.39. The Hall–Kier alpha value is -1.77. The lowest BCUT2D eigenvalue weighted by Crippen LogP contribution is -2.50. The number of nitrogens with one attached hydrogen (secondary N) is 1. The molecule has 1 aliphatic carbocycles. The molecule has 5 unspecified atom stereocenters. The van der Waals surface area contributed by atoms with Crippen LogP contribution in [0.3, 0.4) is 0 Å². The zero-order chi connectivity index (χ0) is 16.6. The van der Waals surface area contributed by atoms with E-state index in [2.05, 4.69) is 10.3 Å². The molecule has 2 aliphatic rings. The van der Waals surface area contributed by atoms with Gasteiger partial charge in [0, 0.05) is 11.3 Å². The number of hydrogen-bond acceptors (Lipinski definition) is 7. The van der Waals surface area contributed by atoms with Crippen molar-refractivity contribution in [2.24, 2.45) is 4.99 Å². The van der Waals surface area contributed by atoms with E-state index in [1.54, 1.807) is 0 Å². The third-order valence-electron chi connectivity index (χ3n) is 4.22. The van der Waals surface area contributed by atoms with E-state index in [0.29, 0.717) is 6.42 Å². The minimum atomic E-state index is -1.68. The van der Waals surface area contributed by atoms with Crippen LogP contribution in [0.2, 0.25) is 0 Å². The van der Waals surface area contributed by atoms with Crippen LogP contribution in [-0.4, -0.2) is 62.4 Å². The molecule has 1 heterocycles. The second-order valence-corrected chi connectivity index (χ2v) is 5.78. The Kier molecular flexibility index (Phi) is 4.47. The first kappa shape index (κ1) is 16.1. The molecule has 7 heteroatoms. The van der Waals surface area contributed by atoms with Crippen molar-refractivity contribution >= 4 is 17.6 Å². The van der Waals surface area contributed by atoms with Crippen molar-refractivity contribution in [2.45, 2.75) is 36.9 Å². The molecule has 6 N–H and O–H groups in total. The minimum Gasteiger partial charge on any atom is -0.394 e. The number of aliphatic hydroxyl groups is 5. The molecule has 1 aromatic rings. The highest BCUT2D eigenvalue weighted by atomic mass is 16.4. The van der Waals surface area contributed by atoms with Crippen molar-refractivity contribution in [3.8, 4) is 0 Å². The largest absolute Gasteiger partial charge is 0.394 e. The van der Waals surface area contributed by atoms with Gasteiger partial charge in [0.25, 0.3) is 0 Å². The number of hydrogen-bond donors (Lipinski definition) is 6. The van der Waals surface area contributed by atoms with E-state index < -0.39 is 31.0 Å². The van der Waals surface area contributed by atoms with E-state index in [9.17, 15) is 20.4 Å². The Balaban J connectivity index is 1.85. The Morgan fingerprint density at radius 3 is 2.70 bits per heavy atom. The third kappa shape index (κ3) is 2.89. The average Bonchev–Trinajstić information content (AvgIpc) is 2.59. The van der Waals surface area contributed by atoms with Crippen LogP contribution in [0.15, 0.2) is 29.3 Å². The number of amidine groups is 1. The van der Waals surface area contributed by atoms with Crippen molar-refractivity contribution in [3.05, 3.63) is 35.4 Å². The molecule has 0 amide bonds. The van der Waals surface area contributed by atoms with Crippen LogP contribution in [0.25, 0.3) is 6.08 Å². The van der Waals surface area contributed by atoms with Crippen molar-refractivity contribution in [2.75, 3.05) is 11.9 Å². The summed E-state index contributed by atoms with van der Waals surface area (Å²) in [7, 11) is 0. The quantitative estimate of drug-likeness (QED) is 0.430. The minimum absolute atomic E-state index is 0.131. The molecule has 0 saturated carbocycles. The van der Waals surface area contributed by atoms with Gasteiger partial charge in [-0.25, -0.2) is 0 Å². The van der Waals surface area contributed by atoms with E-state index >= 15 is 0 Å². The summed E-state index contributed by atoms with van der Waals surface area (Å²) in [5, 5.41) is 51.2. The fourth-order valence-electron chi connectivity index (χ4n) is 2.94. The maximum atomic E-state index is 10.3. The molecule has 23 heavy (non-hydrogen) atoms. The summed E-state index contributed by atoms with van der Waals surface area (Å²) in [4.78, 5) is 4.43. The van der Waals surface area contributed by atoms with Gasteiger partial charge in [-0.05, 0) is 18.1 Å². The summed E-state index contributed by atoms with van der Waals surface area (Å²) in [6, 6.07) is 5.56. The SMILES string of the molecule is OCC(O)C(O)C(O)C(O)C1=NC2CC=Cc3cccc(c32)N1. The number of benzene rings is 1. The van der Waals surface area contributed by atoms with E-state index in [1.807, 2.05) is 30.4 Å². The Morgan fingerprint density at radius 1 is 1.17 bits per heavy atom. The van der Waals surface area contributed by atoms with Crippen molar-refractivity contribution < 1.29 is 25.5 Å². The number of rotatable bonds is 5. The van der Waals surface area contributed by atoms with Crippen LogP contribution in [0.1, 0.15) is 23.6 Å². The molecule has 0 saturated heterocycles. The lowest BCUT2D eigenvalue weighted by atomic mass is 9.89. The van der Waals surface area contributed by atoms with Gasteiger partial charge >= 0.3 is 0 Å². The van der Waals surface area contributed by atoms with Gasteiger partial charge in [-0.3, -0.25) is 4.99 Å². The molecule has 0 radical (unpaired) electrons. The molecule has 1 aliphatic heterocycles. The Labute approximate surface area is 133 Å². The predicted octanol–water partition coefficient (Wildman–Crippen LogP) is -0.596. The monoisotopic (exact) mass is 320 g/mol. The summed E-state index contributed by atoms with van der Waals surface area (Å²) in [6.45, 7) is -0.718. The molecule has 0 fully saturated rings. The molecular formula is C16H20N2O5. The smallest absolute Gasteiger partial charge is 0.140 e. The second-order valence-electron chi connectivity index (χ2n) is 5.78. The number of nitrogens with zero attached hydrogens (tertiary/aromatic N) is 1. The molecule has 124 valence electrons. The first-order chi connectivity index (χ1) is 11.0. The van der Waals surface area contributed by atoms with Gasteiger partial charge in [-0.15, -0.1) is 0 Å². The van der Waals surface area contributed by atoms with Crippen LogP contribution in [0.4, 0.5) is 5.69 Å². The maximum Gasteiger partial charge on any atom is 0.140 e. The van der Waals surface area contributed by atoms with Gasteiger partial charge in [0.2, 0.25) is 0 Å². The van der Waals surface area contributed by atoms with Crippen molar-refractivity contribution in [1.82, 2.24) is 0 Å². The van der Waals surface area contributed by atoms with Crippen LogP contribution < -0.4 is 5.32 Å². The van der Waals surface area contributed by atoms with E-state index in [4.69, 9.17) is 5.11 Å². The van der Waals surface area contributed by atoms with Gasteiger partial charge in [0.1, 0.15) is 30.3 Å². The lowest BCUT2D eigenvalue weighted by molar-refractivity contribution is -0.101. The zero-order valence-corrected chi connectivity index (χ0v) is 12.4. The standard InChI is InChI=1S/C16H20N2O5/c19-7-11(20)13(21)14(22)15(23)16-17-9-5-1-3-8-4-2-6-10(18-16)12(8)9/h1-5,10-11,13-15,19-23H,6-7H2,(H,17,18). The second kappa shape index (κ2) is 6.38. The van der Waals surface area contributed by atoms with Gasteiger partial charge in [0.15, 0.2) is 0 Å². The van der Waals surface area contributed by atoms with Crippen LogP contribution in [-0.2, 0) is 0 Å². The van der Waals surface area contributed by atoms with Crippen LogP contribution >= 0.6 is 0 Å². The van der Waals surface area contributed by atoms with E-state index in [-0.39, 0.29) is 11.9 Å². The molecule has 0 bridgehead atoms. The van der Waals surface area contributed by atoms with E-state index in [0.717, 1.165) is 16.8 Å². The fraction of sp³-hybridized carbons (Fsp3) is 0.438. The summed E-state index contributed by atoms with van der Waals surface area (Å²) in [5.41, 5.74) is 2.89. The van der Waals surface area contributed by atoms with E-state index in [1.165, 1.54) is 0 Å². The number of aliphatic imine (C=N–C) groups is 1.